The van der Waals surface area contributed by atoms with Crippen molar-refractivity contribution in [1.29, 1.82) is 0 Å². The molecule has 4 nitrogen and oxygen atoms in total. The van der Waals surface area contributed by atoms with Crippen LogP contribution in [0.2, 0.25) is 3.67 Å². The normalized spacial score (nSPS) is 9.63. The number of carbonyl (C=O) groups is 2. The van der Waals surface area contributed by atoms with E-state index in [9.17, 15) is 9.59 Å². The summed E-state index contributed by atoms with van der Waals surface area (Å²) in [7, 11) is 0. The molecule has 2 N–H and O–H groups in total. The van der Waals surface area contributed by atoms with Gasteiger partial charge in [-0.25, -0.2) is 0 Å². The molecule has 0 aromatic heterocycles. The second kappa shape index (κ2) is 17.9. The van der Waals surface area contributed by atoms with E-state index < -0.39 is 18.4 Å². The average Bonchev–Trinajstić information content (AvgIpc) is 2.32. The fourth-order valence-corrected chi connectivity index (χ4v) is 2.19. The molecule has 0 aromatic carbocycles. The first-order valence-corrected chi connectivity index (χ1v) is 8.89. The van der Waals surface area contributed by atoms with E-state index in [0.29, 0.717) is 0 Å². The molecule has 0 spiro atoms. The quantitative estimate of drug-likeness (QED) is 0.344. The number of carboxylic acid groups (broad SMARTS) is 2. The van der Waals surface area contributed by atoms with E-state index in [2.05, 4.69) is 6.92 Å². The number of unbranched alkanes of at least 4 members (excludes halogenated alkanes) is 8. The van der Waals surface area contributed by atoms with Gasteiger partial charge in [-0.15, -0.1) is 0 Å². The van der Waals surface area contributed by atoms with Crippen LogP contribution in [0.25, 0.3) is 0 Å². The minimum absolute atomic E-state index is 0.806. The molecule has 0 bridgehead atoms. The molecule has 0 rings (SSSR count). The molecule has 0 aliphatic heterocycles. The summed E-state index contributed by atoms with van der Waals surface area (Å²) in [5, 5.41) is 15.4. The molecule has 0 saturated heterocycles. The summed E-state index contributed by atoms with van der Waals surface area (Å²) in [6, 6.07) is 0. The van der Waals surface area contributed by atoms with Crippen molar-refractivity contribution in [3.05, 3.63) is 0 Å². The minimum Gasteiger partial charge on any atom is -0.481 e. The van der Waals surface area contributed by atoms with Gasteiger partial charge in [-0.1, -0.05) is 0 Å². The number of aliphatic carboxylic acids is 2. The zero-order valence-electron chi connectivity index (χ0n) is 12.5. The van der Waals surface area contributed by atoms with Crippen LogP contribution in [0.3, 0.4) is 0 Å². The van der Waals surface area contributed by atoms with Gasteiger partial charge in [-0.3, -0.25) is 9.59 Å². The first kappa shape index (κ1) is 21.2. The van der Waals surface area contributed by atoms with Crippen molar-refractivity contribution in [3.63, 3.8) is 0 Å². The average molecular weight is 282 g/mol. The van der Waals surface area contributed by atoms with Gasteiger partial charge in [0.15, 0.2) is 0 Å². The second-order valence-electron chi connectivity index (χ2n) is 4.79. The van der Waals surface area contributed by atoms with E-state index in [-0.39, 0.29) is 0 Å². The maximum Gasteiger partial charge on any atom is 0.314 e. The Hall–Kier alpha value is -0.0600. The number of hydrogen-bond donors (Lipinski definition) is 2. The standard InChI is InChI=1S/C11H23.C3H4O4.Na/c1-3-5-7-9-11-10-8-6-4-2;4-2(5)1-3(6)7;/h1,3-11H2,2H3;1H2,(H,4,5)(H,6,7);. The molecule has 0 saturated carbocycles. The molecule has 0 amide bonds. The largest absolute Gasteiger partial charge is 0.481 e. The van der Waals surface area contributed by atoms with Crippen molar-refractivity contribution in [2.24, 2.45) is 0 Å². The summed E-state index contributed by atoms with van der Waals surface area (Å²) in [6.07, 6.45) is 12.4. The Morgan fingerprint density at radius 2 is 1.16 bits per heavy atom. The van der Waals surface area contributed by atoms with Gasteiger partial charge in [0.25, 0.3) is 0 Å². The van der Waals surface area contributed by atoms with Crippen LogP contribution < -0.4 is 0 Å². The maximum atomic E-state index is 9.43. The summed E-state index contributed by atoms with van der Waals surface area (Å²) in [5.74, 6) is -2.62. The van der Waals surface area contributed by atoms with Crippen LogP contribution in [0.1, 0.15) is 71.1 Å². The van der Waals surface area contributed by atoms with Crippen molar-refractivity contribution in [1.82, 2.24) is 0 Å². The van der Waals surface area contributed by atoms with Gasteiger partial charge in [-0.05, 0) is 0 Å². The van der Waals surface area contributed by atoms with E-state index in [1.165, 1.54) is 89.4 Å². The van der Waals surface area contributed by atoms with Crippen LogP contribution in [0.5, 0.6) is 0 Å². The van der Waals surface area contributed by atoms with Crippen molar-refractivity contribution in [3.8, 4) is 0 Å². The van der Waals surface area contributed by atoms with Crippen molar-refractivity contribution >= 4 is 39.9 Å². The predicted molar refractivity (Wildman–Crippen MR) is 77.7 cm³/mol. The fraction of sp³-hybridized carbons (Fsp3) is 0.857. The molecule has 0 heterocycles. The predicted octanol–water partition coefficient (Wildman–Crippen LogP) is 3.65. The first-order chi connectivity index (χ1) is 9.04. The summed E-state index contributed by atoms with van der Waals surface area (Å²) < 4.78 is 1.51. The van der Waals surface area contributed by atoms with Gasteiger partial charge >= 0.3 is 108 Å². The Kier molecular flexibility index (Phi) is 20.1. The van der Waals surface area contributed by atoms with Crippen LogP contribution in [0, 0.1) is 0 Å². The van der Waals surface area contributed by atoms with Gasteiger partial charge < -0.3 is 10.2 Å². The molecule has 0 aromatic rings. The smallest absolute Gasteiger partial charge is 0.314 e. The van der Waals surface area contributed by atoms with E-state index in [1.54, 1.807) is 0 Å². The fourth-order valence-electron chi connectivity index (χ4n) is 1.69. The topological polar surface area (TPSA) is 74.6 Å². The second-order valence-corrected chi connectivity index (χ2v) is 5.79. The van der Waals surface area contributed by atoms with Gasteiger partial charge in [0, 0.05) is 0 Å². The number of carboxylic acids is 2. The van der Waals surface area contributed by atoms with Crippen LogP contribution in [0.4, 0.5) is 0 Å². The number of hydrogen-bond acceptors (Lipinski definition) is 2. The third-order valence-corrected chi connectivity index (χ3v) is 3.47. The zero-order chi connectivity index (χ0) is 14.9. The van der Waals surface area contributed by atoms with Gasteiger partial charge in [0.05, 0.1) is 0 Å². The Balaban J connectivity index is 0. The maximum absolute atomic E-state index is 9.43. The molecular formula is C14H27NaO4. The van der Waals surface area contributed by atoms with Crippen LogP contribution in [0.15, 0.2) is 0 Å². The molecule has 19 heavy (non-hydrogen) atoms. The SMILES string of the molecule is CCCCCCCCCC[CH2][Na].O=C(O)CC(=O)O. The summed E-state index contributed by atoms with van der Waals surface area (Å²) >= 11 is 1.41. The van der Waals surface area contributed by atoms with E-state index >= 15 is 0 Å². The molecular weight excluding hydrogens is 255 g/mol. The van der Waals surface area contributed by atoms with Gasteiger partial charge in [0.1, 0.15) is 6.42 Å². The Morgan fingerprint density at radius 1 is 0.789 bits per heavy atom. The van der Waals surface area contributed by atoms with Gasteiger partial charge in [0.2, 0.25) is 0 Å². The van der Waals surface area contributed by atoms with Crippen molar-refractivity contribution < 1.29 is 19.8 Å². The molecule has 0 atom stereocenters. The summed E-state index contributed by atoms with van der Waals surface area (Å²) in [5.41, 5.74) is 0. The molecule has 0 aliphatic carbocycles. The molecule has 108 valence electrons. The summed E-state index contributed by atoms with van der Waals surface area (Å²) in [4.78, 5) is 18.9. The Morgan fingerprint density at radius 3 is 1.42 bits per heavy atom. The van der Waals surface area contributed by atoms with E-state index in [0.717, 1.165) is 0 Å². The zero-order valence-corrected chi connectivity index (χ0v) is 14.5. The van der Waals surface area contributed by atoms with Gasteiger partial charge in [-0.2, -0.15) is 0 Å². The minimum atomic E-state index is -1.31. The Labute approximate surface area is 134 Å². The molecule has 0 unspecified atom stereocenters. The van der Waals surface area contributed by atoms with E-state index in [1.807, 2.05) is 0 Å². The summed E-state index contributed by atoms with van der Waals surface area (Å²) in [6.45, 7) is 2.28. The van der Waals surface area contributed by atoms with Crippen molar-refractivity contribution in [2.75, 3.05) is 0 Å². The van der Waals surface area contributed by atoms with Crippen LogP contribution in [-0.4, -0.2) is 50.1 Å². The Bertz CT molecular complexity index is 197. The van der Waals surface area contributed by atoms with E-state index in [4.69, 9.17) is 10.2 Å². The van der Waals surface area contributed by atoms with Crippen LogP contribution in [-0.2, 0) is 9.59 Å². The first-order valence-electron chi connectivity index (χ1n) is 7.48. The monoisotopic (exact) mass is 282 g/mol. The third kappa shape index (κ3) is 27.2. The van der Waals surface area contributed by atoms with Crippen molar-refractivity contribution in [2.45, 2.75) is 74.8 Å². The molecule has 0 fully saturated rings. The van der Waals surface area contributed by atoms with Crippen LogP contribution >= 0.6 is 0 Å². The molecule has 0 radical (unpaired) electrons. The number of rotatable bonds is 11. The third-order valence-electron chi connectivity index (χ3n) is 2.76. The molecule has 0 aliphatic rings. The molecule has 5 heteroatoms.